The zero-order chi connectivity index (χ0) is 21.1. The molecule has 0 unspecified atom stereocenters. The van der Waals surface area contributed by atoms with Crippen LogP contribution in [0.2, 0.25) is 0 Å². The second-order valence-corrected chi connectivity index (χ2v) is 7.77. The minimum atomic E-state index is -0.0477. The van der Waals surface area contributed by atoms with Crippen molar-refractivity contribution < 1.29 is 13.9 Å². The van der Waals surface area contributed by atoms with E-state index in [1.807, 2.05) is 37.3 Å². The first kappa shape index (κ1) is 20.4. The second-order valence-electron chi connectivity index (χ2n) is 7.77. The Hall–Kier alpha value is -2.83. The van der Waals surface area contributed by atoms with Crippen molar-refractivity contribution in [2.45, 2.75) is 6.92 Å². The molecule has 6 heteroatoms. The van der Waals surface area contributed by atoms with Gasteiger partial charge in [-0.25, -0.2) is 0 Å². The summed E-state index contributed by atoms with van der Waals surface area (Å²) in [6.07, 6.45) is 1.54. The highest BCUT2D eigenvalue weighted by Gasteiger charge is 2.16. The molecule has 2 heterocycles. The molecule has 1 aliphatic heterocycles. The molecular formula is C24H28N2O4. The van der Waals surface area contributed by atoms with E-state index in [1.54, 1.807) is 13.2 Å². The number of methoxy groups -OCH3 is 1. The smallest absolute Gasteiger partial charge is 0.200 e. The molecule has 6 nitrogen and oxygen atoms in total. The van der Waals surface area contributed by atoms with Crippen LogP contribution in [0.25, 0.3) is 22.1 Å². The number of likely N-dealkylation sites (N-methyl/N-ethyl adjacent to an activating group) is 1. The fourth-order valence-corrected chi connectivity index (χ4v) is 3.80. The van der Waals surface area contributed by atoms with Crippen molar-refractivity contribution in [2.24, 2.45) is 0 Å². The molecule has 0 radical (unpaired) electrons. The van der Waals surface area contributed by atoms with Gasteiger partial charge in [0.15, 0.2) is 0 Å². The van der Waals surface area contributed by atoms with Crippen LogP contribution in [-0.4, -0.2) is 63.3 Å². The van der Waals surface area contributed by atoms with Crippen LogP contribution >= 0.6 is 0 Å². The van der Waals surface area contributed by atoms with Crippen LogP contribution in [0.4, 0.5) is 0 Å². The van der Waals surface area contributed by atoms with E-state index in [2.05, 4.69) is 16.8 Å². The largest absolute Gasteiger partial charge is 0.497 e. The first-order valence-corrected chi connectivity index (χ1v) is 10.3. The highest BCUT2D eigenvalue weighted by Crippen LogP contribution is 2.28. The lowest BCUT2D eigenvalue weighted by Crippen LogP contribution is -2.45. The number of rotatable bonds is 6. The van der Waals surface area contributed by atoms with Crippen LogP contribution in [0, 0.1) is 6.92 Å². The Morgan fingerprint density at radius 2 is 1.77 bits per heavy atom. The lowest BCUT2D eigenvalue weighted by molar-refractivity contribution is 0.133. The van der Waals surface area contributed by atoms with Gasteiger partial charge < -0.3 is 18.8 Å². The number of hydrogen-bond acceptors (Lipinski definition) is 6. The molecule has 1 saturated heterocycles. The first-order chi connectivity index (χ1) is 14.6. The maximum absolute atomic E-state index is 13.1. The predicted octanol–water partition coefficient (Wildman–Crippen LogP) is 3.40. The van der Waals surface area contributed by atoms with Crippen molar-refractivity contribution in [3.63, 3.8) is 0 Å². The van der Waals surface area contributed by atoms with E-state index >= 15 is 0 Å². The minimum absolute atomic E-state index is 0.0477. The van der Waals surface area contributed by atoms with E-state index < -0.39 is 0 Å². The molecule has 0 amide bonds. The third kappa shape index (κ3) is 4.20. The number of fused-ring (bicyclic) bond motifs is 1. The Bertz CT molecular complexity index is 1070. The maximum Gasteiger partial charge on any atom is 0.200 e. The summed E-state index contributed by atoms with van der Waals surface area (Å²) in [5, 5.41) is 0.562. The Labute approximate surface area is 176 Å². The molecule has 0 saturated carbocycles. The molecular weight excluding hydrogens is 380 g/mol. The van der Waals surface area contributed by atoms with Gasteiger partial charge in [-0.1, -0.05) is 12.1 Å². The zero-order valence-electron chi connectivity index (χ0n) is 17.8. The number of ether oxygens (including phenoxy) is 2. The van der Waals surface area contributed by atoms with Crippen molar-refractivity contribution in [2.75, 3.05) is 53.5 Å². The van der Waals surface area contributed by atoms with Crippen LogP contribution in [0.3, 0.4) is 0 Å². The van der Waals surface area contributed by atoms with E-state index in [0.717, 1.165) is 55.3 Å². The Morgan fingerprint density at radius 3 is 2.47 bits per heavy atom. The summed E-state index contributed by atoms with van der Waals surface area (Å²) in [7, 11) is 3.77. The molecule has 0 bridgehead atoms. The normalized spacial score (nSPS) is 15.4. The van der Waals surface area contributed by atoms with Crippen LogP contribution in [0.15, 0.2) is 51.9 Å². The van der Waals surface area contributed by atoms with Gasteiger partial charge in [-0.3, -0.25) is 9.69 Å². The number of hydrogen-bond donors (Lipinski definition) is 0. The number of piperazine rings is 1. The average molecular weight is 408 g/mol. The van der Waals surface area contributed by atoms with Gasteiger partial charge in [0.05, 0.1) is 18.1 Å². The average Bonchev–Trinajstić information content (AvgIpc) is 2.77. The lowest BCUT2D eigenvalue weighted by Gasteiger charge is -2.32. The quantitative estimate of drug-likeness (QED) is 0.623. The molecule has 0 spiro atoms. The third-order valence-electron chi connectivity index (χ3n) is 5.80. The van der Waals surface area contributed by atoms with E-state index in [4.69, 9.17) is 13.9 Å². The highest BCUT2D eigenvalue weighted by molar-refractivity contribution is 5.85. The van der Waals surface area contributed by atoms with Gasteiger partial charge in [-0.2, -0.15) is 0 Å². The standard InChI is InChI=1S/C24H28N2O4/c1-17-22(29-15-14-26-12-10-25(2)11-13-26)9-8-20-23(27)21(16-30-24(17)20)18-4-6-19(28-3)7-5-18/h4-9,16H,10-15H2,1-3H3. The molecule has 0 atom stereocenters. The minimum Gasteiger partial charge on any atom is -0.497 e. The molecule has 1 aromatic heterocycles. The fourth-order valence-electron chi connectivity index (χ4n) is 3.80. The number of benzene rings is 2. The van der Waals surface area contributed by atoms with Crippen LogP contribution < -0.4 is 14.9 Å². The summed E-state index contributed by atoms with van der Waals surface area (Å²) in [6.45, 7) is 7.77. The molecule has 0 aliphatic carbocycles. The molecule has 1 fully saturated rings. The third-order valence-corrected chi connectivity index (χ3v) is 5.80. The van der Waals surface area contributed by atoms with E-state index in [0.29, 0.717) is 23.1 Å². The summed E-state index contributed by atoms with van der Waals surface area (Å²) in [5.41, 5.74) is 2.72. The van der Waals surface area contributed by atoms with Gasteiger partial charge in [0.1, 0.15) is 30.0 Å². The maximum atomic E-state index is 13.1. The molecule has 3 aromatic rings. The molecule has 0 N–H and O–H groups in total. The number of nitrogens with zero attached hydrogens (tertiary/aromatic N) is 2. The predicted molar refractivity (Wildman–Crippen MR) is 119 cm³/mol. The van der Waals surface area contributed by atoms with Crippen molar-refractivity contribution in [1.82, 2.24) is 9.80 Å². The molecule has 2 aromatic carbocycles. The number of aryl methyl sites for hydroxylation is 1. The SMILES string of the molecule is COc1ccc(-c2coc3c(C)c(OCCN4CCN(C)CC4)ccc3c2=O)cc1. The van der Waals surface area contributed by atoms with Crippen LogP contribution in [0.1, 0.15) is 5.56 Å². The topological polar surface area (TPSA) is 55.2 Å². The lowest BCUT2D eigenvalue weighted by atomic mass is 10.0. The van der Waals surface area contributed by atoms with Crippen molar-refractivity contribution >= 4 is 11.0 Å². The first-order valence-electron chi connectivity index (χ1n) is 10.3. The van der Waals surface area contributed by atoms with Gasteiger partial charge >= 0.3 is 0 Å². The summed E-state index contributed by atoms with van der Waals surface area (Å²) >= 11 is 0. The van der Waals surface area contributed by atoms with Gasteiger partial charge in [0, 0.05) is 38.3 Å². The molecule has 30 heavy (non-hydrogen) atoms. The zero-order valence-corrected chi connectivity index (χ0v) is 17.8. The van der Waals surface area contributed by atoms with Crippen molar-refractivity contribution in [1.29, 1.82) is 0 Å². The summed E-state index contributed by atoms with van der Waals surface area (Å²) in [4.78, 5) is 17.8. The van der Waals surface area contributed by atoms with E-state index in [-0.39, 0.29) is 5.43 Å². The fraction of sp³-hybridized carbons (Fsp3) is 0.375. The summed E-state index contributed by atoms with van der Waals surface area (Å²) < 4.78 is 17.1. The van der Waals surface area contributed by atoms with Gasteiger partial charge in [-0.15, -0.1) is 0 Å². The van der Waals surface area contributed by atoms with Crippen LogP contribution in [-0.2, 0) is 0 Å². The monoisotopic (exact) mass is 408 g/mol. The molecule has 158 valence electrons. The second kappa shape index (κ2) is 8.90. The van der Waals surface area contributed by atoms with Gasteiger partial charge in [-0.05, 0) is 43.8 Å². The molecule has 1 aliphatic rings. The Morgan fingerprint density at radius 1 is 1.03 bits per heavy atom. The van der Waals surface area contributed by atoms with Gasteiger partial charge in [0.2, 0.25) is 5.43 Å². The van der Waals surface area contributed by atoms with E-state index in [1.165, 1.54) is 6.26 Å². The van der Waals surface area contributed by atoms with Gasteiger partial charge in [0.25, 0.3) is 0 Å². The highest BCUT2D eigenvalue weighted by atomic mass is 16.5. The van der Waals surface area contributed by atoms with Crippen molar-refractivity contribution in [3.05, 3.63) is 58.4 Å². The Kier molecular flexibility index (Phi) is 6.06. The van der Waals surface area contributed by atoms with E-state index in [9.17, 15) is 4.79 Å². The molecule has 4 rings (SSSR count). The summed E-state index contributed by atoms with van der Waals surface area (Å²) in [6, 6.07) is 11.1. The Balaban J connectivity index is 1.52. The van der Waals surface area contributed by atoms with Crippen molar-refractivity contribution in [3.8, 4) is 22.6 Å². The van der Waals surface area contributed by atoms with Crippen LogP contribution in [0.5, 0.6) is 11.5 Å². The summed E-state index contributed by atoms with van der Waals surface area (Å²) in [5.74, 6) is 1.51.